The lowest BCUT2D eigenvalue weighted by Crippen LogP contribution is -2.16. The zero-order valence-corrected chi connectivity index (χ0v) is 9.38. The molecule has 1 N–H and O–H groups in total. The first kappa shape index (κ1) is 10.3. The van der Waals surface area contributed by atoms with Crippen LogP contribution in [-0.2, 0) is 11.3 Å². The summed E-state index contributed by atoms with van der Waals surface area (Å²) in [5.41, 5.74) is 0.747. The van der Waals surface area contributed by atoms with Crippen molar-refractivity contribution in [3.63, 3.8) is 0 Å². The minimum absolute atomic E-state index is 0.102. The summed E-state index contributed by atoms with van der Waals surface area (Å²) in [7, 11) is 0. The molecular weight excluding hydrogens is 220 g/mol. The van der Waals surface area contributed by atoms with E-state index in [2.05, 4.69) is 5.10 Å². The smallest absolute Gasteiger partial charge is 0.357 e. The SMILES string of the molecule is CC1(Cn2nc(C(=O)O)c3ccccc32)CO1. The van der Waals surface area contributed by atoms with E-state index in [9.17, 15) is 4.79 Å². The van der Waals surface area contributed by atoms with Crippen molar-refractivity contribution in [2.24, 2.45) is 0 Å². The molecule has 1 aromatic heterocycles. The molecule has 1 unspecified atom stereocenters. The lowest BCUT2D eigenvalue weighted by atomic mass is 10.2. The fourth-order valence-corrected chi connectivity index (χ4v) is 1.94. The third kappa shape index (κ3) is 1.68. The molecule has 1 aliphatic heterocycles. The predicted molar refractivity (Wildman–Crippen MR) is 61.0 cm³/mol. The summed E-state index contributed by atoms with van der Waals surface area (Å²) in [6, 6.07) is 7.34. The van der Waals surface area contributed by atoms with Crippen LogP contribution in [0.25, 0.3) is 10.9 Å². The Labute approximate surface area is 97.6 Å². The van der Waals surface area contributed by atoms with Crippen LogP contribution in [0.3, 0.4) is 0 Å². The summed E-state index contributed by atoms with van der Waals surface area (Å²) < 4.78 is 7.02. The summed E-state index contributed by atoms with van der Waals surface area (Å²) in [5, 5.41) is 13.9. The van der Waals surface area contributed by atoms with Crippen LogP contribution < -0.4 is 0 Å². The van der Waals surface area contributed by atoms with Crippen molar-refractivity contribution >= 4 is 16.9 Å². The largest absolute Gasteiger partial charge is 0.476 e. The topological polar surface area (TPSA) is 67.7 Å². The van der Waals surface area contributed by atoms with Crippen LogP contribution in [-0.4, -0.2) is 33.1 Å². The van der Waals surface area contributed by atoms with Crippen molar-refractivity contribution in [2.45, 2.75) is 19.1 Å². The number of epoxide rings is 1. The maximum Gasteiger partial charge on any atom is 0.357 e. The zero-order valence-electron chi connectivity index (χ0n) is 9.38. The predicted octanol–water partition coefficient (Wildman–Crippen LogP) is 1.52. The standard InChI is InChI=1S/C12H12N2O3/c1-12(7-17-12)6-14-9-5-3-2-4-8(9)10(13-14)11(15)16/h2-5H,6-7H2,1H3,(H,15,16). The number of para-hydroxylation sites is 1. The molecule has 17 heavy (non-hydrogen) atoms. The monoisotopic (exact) mass is 232 g/mol. The van der Waals surface area contributed by atoms with E-state index < -0.39 is 5.97 Å². The van der Waals surface area contributed by atoms with Gasteiger partial charge in [-0.1, -0.05) is 18.2 Å². The molecule has 5 heteroatoms. The van der Waals surface area contributed by atoms with E-state index in [0.717, 1.165) is 5.52 Å². The molecular formula is C12H12N2O3. The lowest BCUT2D eigenvalue weighted by Gasteiger charge is -2.06. The number of rotatable bonds is 3. The molecule has 2 aromatic rings. The number of carboxylic acid groups (broad SMARTS) is 1. The van der Waals surface area contributed by atoms with Gasteiger partial charge in [0.1, 0.15) is 5.60 Å². The normalized spacial score (nSPS) is 22.9. The summed E-state index contributed by atoms with van der Waals surface area (Å²) in [4.78, 5) is 11.1. The Morgan fingerprint density at radius 1 is 1.59 bits per heavy atom. The zero-order chi connectivity index (χ0) is 12.0. The number of nitrogens with zero attached hydrogens (tertiary/aromatic N) is 2. The molecule has 3 rings (SSSR count). The summed E-state index contributed by atoms with van der Waals surface area (Å²) in [6.07, 6.45) is 0. The first-order valence-corrected chi connectivity index (χ1v) is 5.42. The van der Waals surface area contributed by atoms with Gasteiger partial charge in [0.2, 0.25) is 0 Å². The van der Waals surface area contributed by atoms with Gasteiger partial charge < -0.3 is 9.84 Å². The van der Waals surface area contributed by atoms with Gasteiger partial charge in [0.25, 0.3) is 0 Å². The first-order valence-electron chi connectivity index (χ1n) is 5.42. The molecule has 2 heterocycles. The molecule has 1 fully saturated rings. The van der Waals surface area contributed by atoms with E-state index in [1.165, 1.54) is 0 Å². The number of carboxylic acids is 1. The minimum Gasteiger partial charge on any atom is -0.476 e. The number of fused-ring (bicyclic) bond motifs is 1. The molecule has 0 spiro atoms. The van der Waals surface area contributed by atoms with Crippen LogP contribution in [0.1, 0.15) is 17.4 Å². The Bertz CT molecular complexity index is 599. The van der Waals surface area contributed by atoms with Crippen molar-refractivity contribution in [1.29, 1.82) is 0 Å². The van der Waals surface area contributed by atoms with Crippen molar-refractivity contribution in [3.8, 4) is 0 Å². The second-order valence-corrected chi connectivity index (χ2v) is 4.57. The molecule has 0 amide bonds. The van der Waals surface area contributed by atoms with E-state index in [-0.39, 0.29) is 11.3 Å². The average Bonchev–Trinajstić information content (AvgIpc) is 2.90. The Kier molecular flexibility index (Phi) is 2.00. The van der Waals surface area contributed by atoms with Crippen molar-refractivity contribution < 1.29 is 14.6 Å². The summed E-state index contributed by atoms with van der Waals surface area (Å²) in [5.74, 6) is -0.998. The van der Waals surface area contributed by atoms with Crippen LogP contribution in [0.5, 0.6) is 0 Å². The molecule has 0 aliphatic carbocycles. The van der Waals surface area contributed by atoms with Gasteiger partial charge in [-0.2, -0.15) is 5.10 Å². The second kappa shape index (κ2) is 3.30. The van der Waals surface area contributed by atoms with Crippen LogP contribution in [0, 0.1) is 0 Å². The van der Waals surface area contributed by atoms with E-state index >= 15 is 0 Å². The third-order valence-corrected chi connectivity index (χ3v) is 2.98. The Balaban J connectivity index is 2.14. The van der Waals surface area contributed by atoms with Crippen LogP contribution >= 0.6 is 0 Å². The molecule has 1 saturated heterocycles. The maximum atomic E-state index is 11.1. The van der Waals surface area contributed by atoms with Gasteiger partial charge in [-0.05, 0) is 13.0 Å². The van der Waals surface area contributed by atoms with Gasteiger partial charge in [-0.15, -0.1) is 0 Å². The quantitative estimate of drug-likeness (QED) is 0.815. The van der Waals surface area contributed by atoms with Gasteiger partial charge in [0.05, 0.1) is 18.7 Å². The molecule has 1 atom stereocenters. The highest BCUT2D eigenvalue weighted by Crippen LogP contribution is 2.29. The molecule has 1 aliphatic rings. The fourth-order valence-electron chi connectivity index (χ4n) is 1.94. The Morgan fingerprint density at radius 2 is 2.29 bits per heavy atom. The van der Waals surface area contributed by atoms with Crippen molar-refractivity contribution in [2.75, 3.05) is 6.61 Å². The van der Waals surface area contributed by atoms with Gasteiger partial charge in [-0.25, -0.2) is 4.79 Å². The minimum atomic E-state index is -0.998. The highest BCUT2D eigenvalue weighted by Gasteiger charge is 2.40. The highest BCUT2D eigenvalue weighted by molar-refractivity contribution is 6.01. The maximum absolute atomic E-state index is 11.1. The highest BCUT2D eigenvalue weighted by atomic mass is 16.6. The number of benzene rings is 1. The lowest BCUT2D eigenvalue weighted by molar-refractivity contribution is 0.0691. The fraction of sp³-hybridized carbons (Fsp3) is 0.333. The van der Waals surface area contributed by atoms with Gasteiger partial charge in [-0.3, -0.25) is 4.68 Å². The molecule has 88 valence electrons. The molecule has 0 bridgehead atoms. The third-order valence-electron chi connectivity index (χ3n) is 2.98. The number of aromatic nitrogens is 2. The Morgan fingerprint density at radius 3 is 2.94 bits per heavy atom. The van der Waals surface area contributed by atoms with Gasteiger partial charge in [0.15, 0.2) is 5.69 Å². The van der Waals surface area contributed by atoms with Gasteiger partial charge >= 0.3 is 5.97 Å². The van der Waals surface area contributed by atoms with Crippen LogP contribution in [0.4, 0.5) is 0 Å². The van der Waals surface area contributed by atoms with E-state index in [1.807, 2.05) is 25.1 Å². The molecule has 0 radical (unpaired) electrons. The number of carbonyl (C=O) groups is 1. The van der Waals surface area contributed by atoms with E-state index in [4.69, 9.17) is 9.84 Å². The Hall–Kier alpha value is -1.88. The summed E-state index contributed by atoms with van der Waals surface area (Å²) in [6.45, 7) is 3.27. The summed E-state index contributed by atoms with van der Waals surface area (Å²) >= 11 is 0. The number of hydrogen-bond donors (Lipinski definition) is 1. The van der Waals surface area contributed by atoms with E-state index in [0.29, 0.717) is 18.5 Å². The number of ether oxygens (including phenoxy) is 1. The van der Waals surface area contributed by atoms with Crippen molar-refractivity contribution in [3.05, 3.63) is 30.0 Å². The number of hydrogen-bond acceptors (Lipinski definition) is 3. The molecule has 1 aromatic carbocycles. The van der Waals surface area contributed by atoms with Crippen LogP contribution in [0.15, 0.2) is 24.3 Å². The number of aromatic carboxylic acids is 1. The molecule has 5 nitrogen and oxygen atoms in total. The van der Waals surface area contributed by atoms with Gasteiger partial charge in [0, 0.05) is 5.39 Å². The molecule has 0 saturated carbocycles. The van der Waals surface area contributed by atoms with Crippen molar-refractivity contribution in [1.82, 2.24) is 9.78 Å². The van der Waals surface area contributed by atoms with E-state index in [1.54, 1.807) is 10.7 Å². The van der Waals surface area contributed by atoms with Crippen LogP contribution in [0.2, 0.25) is 0 Å². The average molecular weight is 232 g/mol. The first-order chi connectivity index (χ1) is 8.09. The second-order valence-electron chi connectivity index (χ2n) is 4.57.